The summed E-state index contributed by atoms with van der Waals surface area (Å²) in [5, 5.41) is 2.78. The van der Waals surface area contributed by atoms with Crippen LogP contribution in [0.4, 0.5) is 0 Å². The number of hydrogen-bond acceptors (Lipinski definition) is 6. The summed E-state index contributed by atoms with van der Waals surface area (Å²) in [6.45, 7) is 0. The molecule has 0 saturated heterocycles. The molecular weight excluding hydrogens is 382 g/mol. The van der Waals surface area contributed by atoms with E-state index < -0.39 is 10.8 Å². The van der Waals surface area contributed by atoms with E-state index in [1.807, 2.05) is 47.8 Å². The Labute approximate surface area is 165 Å². The first-order chi connectivity index (χ1) is 13.1. The van der Waals surface area contributed by atoms with Crippen LogP contribution in [0.15, 0.2) is 47.8 Å². The van der Waals surface area contributed by atoms with Crippen LogP contribution in [0.25, 0.3) is 10.6 Å². The van der Waals surface area contributed by atoms with Crippen molar-refractivity contribution in [3.05, 3.63) is 59.1 Å². The van der Waals surface area contributed by atoms with Gasteiger partial charge in [-0.3, -0.25) is 4.21 Å². The summed E-state index contributed by atoms with van der Waals surface area (Å²) < 4.78 is 28.4. The van der Waals surface area contributed by atoms with Crippen LogP contribution in [-0.4, -0.2) is 30.5 Å². The largest absolute Gasteiger partial charge is 0.497 e. The Morgan fingerprint density at radius 1 is 0.963 bits per heavy atom. The molecule has 0 fully saturated rings. The first kappa shape index (κ1) is 19.4. The number of hydrogen-bond donors (Lipinski definition) is 0. The first-order valence-electron chi connectivity index (χ1n) is 8.27. The lowest BCUT2D eigenvalue weighted by Crippen LogP contribution is -2.00. The van der Waals surface area contributed by atoms with Gasteiger partial charge >= 0.3 is 0 Å². The number of thiazole rings is 1. The van der Waals surface area contributed by atoms with Crippen molar-refractivity contribution in [2.75, 3.05) is 21.3 Å². The molecule has 27 heavy (non-hydrogen) atoms. The quantitative estimate of drug-likeness (QED) is 0.562. The van der Waals surface area contributed by atoms with Gasteiger partial charge in [-0.15, -0.1) is 11.3 Å². The van der Waals surface area contributed by atoms with Crippen LogP contribution in [0.2, 0.25) is 0 Å². The zero-order valence-corrected chi connectivity index (χ0v) is 17.1. The molecule has 1 heterocycles. The summed E-state index contributed by atoms with van der Waals surface area (Å²) in [4.78, 5) is 4.64. The maximum absolute atomic E-state index is 12.5. The van der Waals surface area contributed by atoms with E-state index in [0.29, 0.717) is 17.3 Å². The number of benzene rings is 2. The van der Waals surface area contributed by atoms with E-state index in [1.165, 1.54) is 11.3 Å². The zero-order chi connectivity index (χ0) is 19.2. The lowest BCUT2D eigenvalue weighted by atomic mass is 10.2. The lowest BCUT2D eigenvalue weighted by molar-refractivity contribution is 0.395. The van der Waals surface area contributed by atoms with Crippen molar-refractivity contribution >= 4 is 22.1 Å². The Morgan fingerprint density at radius 3 is 2.48 bits per heavy atom. The molecule has 0 spiro atoms. The van der Waals surface area contributed by atoms with Crippen molar-refractivity contribution in [2.45, 2.75) is 11.5 Å². The van der Waals surface area contributed by atoms with E-state index in [2.05, 4.69) is 4.98 Å². The third-order valence-electron chi connectivity index (χ3n) is 3.96. The SMILES string of the molecule is COc1cccc(CS(=O)Cc2csc(-c3ccc(OC)cc3OC)n2)c1. The van der Waals surface area contributed by atoms with Crippen LogP contribution >= 0.6 is 11.3 Å². The minimum atomic E-state index is -1.05. The molecule has 0 aliphatic carbocycles. The average Bonchev–Trinajstić information content (AvgIpc) is 3.15. The van der Waals surface area contributed by atoms with Crippen LogP contribution in [-0.2, 0) is 22.3 Å². The van der Waals surface area contributed by atoms with Gasteiger partial charge in [-0.1, -0.05) is 12.1 Å². The number of ether oxygens (including phenoxy) is 3. The van der Waals surface area contributed by atoms with Gasteiger partial charge in [0.1, 0.15) is 22.3 Å². The number of rotatable bonds is 8. The van der Waals surface area contributed by atoms with Crippen molar-refractivity contribution in [3.63, 3.8) is 0 Å². The second kappa shape index (κ2) is 9.01. The number of nitrogens with zero attached hydrogens (tertiary/aromatic N) is 1. The first-order valence-corrected chi connectivity index (χ1v) is 10.6. The molecule has 0 radical (unpaired) electrons. The molecule has 0 bridgehead atoms. The van der Waals surface area contributed by atoms with E-state index in [-0.39, 0.29) is 0 Å². The second-order valence-electron chi connectivity index (χ2n) is 5.79. The minimum absolute atomic E-state index is 0.409. The fourth-order valence-electron chi connectivity index (χ4n) is 2.64. The second-order valence-corrected chi connectivity index (χ2v) is 8.11. The Hall–Kier alpha value is -2.38. The van der Waals surface area contributed by atoms with Crippen molar-refractivity contribution in [2.24, 2.45) is 0 Å². The number of methoxy groups -OCH3 is 3. The molecule has 0 N–H and O–H groups in total. The van der Waals surface area contributed by atoms with Crippen LogP contribution in [0.5, 0.6) is 17.2 Å². The van der Waals surface area contributed by atoms with Gasteiger partial charge in [-0.25, -0.2) is 4.98 Å². The lowest BCUT2D eigenvalue weighted by Gasteiger charge is -2.08. The van der Waals surface area contributed by atoms with Gasteiger partial charge in [0.2, 0.25) is 0 Å². The summed E-state index contributed by atoms with van der Waals surface area (Å²) >= 11 is 1.51. The van der Waals surface area contributed by atoms with E-state index >= 15 is 0 Å². The van der Waals surface area contributed by atoms with Crippen molar-refractivity contribution in [1.82, 2.24) is 4.98 Å². The van der Waals surface area contributed by atoms with Gasteiger partial charge in [0, 0.05) is 28.0 Å². The van der Waals surface area contributed by atoms with Gasteiger partial charge in [-0.2, -0.15) is 0 Å². The normalized spacial score (nSPS) is 11.8. The van der Waals surface area contributed by atoms with Crippen LogP contribution in [0.1, 0.15) is 11.3 Å². The van der Waals surface area contributed by atoms with Gasteiger partial charge in [-0.05, 0) is 29.8 Å². The monoisotopic (exact) mass is 403 g/mol. The third kappa shape index (κ3) is 4.87. The van der Waals surface area contributed by atoms with Crippen LogP contribution in [0.3, 0.4) is 0 Å². The molecular formula is C20H21NO4S2. The highest BCUT2D eigenvalue weighted by Crippen LogP contribution is 2.35. The highest BCUT2D eigenvalue weighted by atomic mass is 32.2. The molecule has 1 aromatic heterocycles. The minimum Gasteiger partial charge on any atom is -0.497 e. The van der Waals surface area contributed by atoms with Crippen molar-refractivity contribution in [1.29, 1.82) is 0 Å². The van der Waals surface area contributed by atoms with Gasteiger partial charge in [0.25, 0.3) is 0 Å². The molecule has 1 atom stereocenters. The summed E-state index contributed by atoms with van der Waals surface area (Å²) in [7, 11) is 3.81. The number of aromatic nitrogens is 1. The molecule has 2 aromatic carbocycles. The predicted octanol–water partition coefficient (Wildman–Crippen LogP) is 4.28. The summed E-state index contributed by atoms with van der Waals surface area (Å²) in [5.41, 5.74) is 2.70. The Morgan fingerprint density at radius 2 is 1.74 bits per heavy atom. The summed E-state index contributed by atoms with van der Waals surface area (Å²) in [5.74, 6) is 3.08. The molecule has 5 nitrogen and oxygen atoms in total. The Kier molecular flexibility index (Phi) is 6.47. The fraction of sp³-hybridized carbons (Fsp3) is 0.250. The van der Waals surface area contributed by atoms with Gasteiger partial charge in [0.05, 0.1) is 38.3 Å². The Bertz CT molecular complexity index is 939. The van der Waals surface area contributed by atoms with E-state index in [9.17, 15) is 4.21 Å². The van der Waals surface area contributed by atoms with Gasteiger partial charge in [0.15, 0.2) is 0 Å². The molecule has 3 rings (SSSR count). The molecule has 7 heteroatoms. The van der Waals surface area contributed by atoms with E-state index in [1.54, 1.807) is 21.3 Å². The highest BCUT2D eigenvalue weighted by molar-refractivity contribution is 7.83. The third-order valence-corrected chi connectivity index (χ3v) is 6.16. The highest BCUT2D eigenvalue weighted by Gasteiger charge is 2.13. The molecule has 3 aromatic rings. The van der Waals surface area contributed by atoms with Crippen molar-refractivity contribution in [3.8, 4) is 27.8 Å². The summed E-state index contributed by atoms with van der Waals surface area (Å²) in [6.07, 6.45) is 0. The smallest absolute Gasteiger partial charge is 0.132 e. The topological polar surface area (TPSA) is 57.7 Å². The van der Waals surface area contributed by atoms with Crippen LogP contribution < -0.4 is 14.2 Å². The predicted molar refractivity (Wildman–Crippen MR) is 109 cm³/mol. The molecule has 1 unspecified atom stereocenters. The maximum atomic E-state index is 12.5. The zero-order valence-electron chi connectivity index (χ0n) is 15.4. The summed E-state index contributed by atoms with van der Waals surface area (Å²) in [6, 6.07) is 13.3. The maximum Gasteiger partial charge on any atom is 0.132 e. The fourth-order valence-corrected chi connectivity index (χ4v) is 4.72. The van der Waals surface area contributed by atoms with E-state index in [4.69, 9.17) is 14.2 Å². The van der Waals surface area contributed by atoms with Gasteiger partial charge < -0.3 is 14.2 Å². The van der Waals surface area contributed by atoms with E-state index in [0.717, 1.165) is 33.3 Å². The molecule has 0 aliphatic heterocycles. The average molecular weight is 404 g/mol. The molecule has 0 saturated carbocycles. The molecule has 0 amide bonds. The standard InChI is InChI=1S/C20H21NO4S2/c1-23-16-6-4-5-14(9-16)12-27(22)13-15-11-26-20(21-15)18-8-7-17(24-2)10-19(18)25-3/h4-11H,12-13H2,1-3H3. The molecule has 142 valence electrons. The molecule has 0 aliphatic rings. The van der Waals surface area contributed by atoms with Crippen molar-refractivity contribution < 1.29 is 18.4 Å². The Balaban J connectivity index is 1.71. The van der Waals surface area contributed by atoms with Crippen LogP contribution in [0, 0.1) is 0 Å².